The summed E-state index contributed by atoms with van der Waals surface area (Å²) in [5.74, 6) is -1.87. The van der Waals surface area contributed by atoms with Crippen LogP contribution in [0.25, 0.3) is 0 Å². The molecule has 1 unspecified atom stereocenters. The second-order valence-corrected chi connectivity index (χ2v) is 11.4. The van der Waals surface area contributed by atoms with Crippen molar-refractivity contribution in [3.63, 3.8) is 0 Å². The molecule has 1 aromatic rings. The van der Waals surface area contributed by atoms with Gasteiger partial charge in [-0.3, -0.25) is 4.79 Å². The quantitative estimate of drug-likeness (QED) is 0.361. The van der Waals surface area contributed by atoms with Crippen LogP contribution in [0.5, 0.6) is 0 Å². The molecule has 168 valence electrons. The number of Topliss-reactive ketones (excluding diaryl/α,β-unsaturated/α-hetero) is 1. The summed E-state index contributed by atoms with van der Waals surface area (Å²) in [5, 5.41) is 20.6. The van der Waals surface area contributed by atoms with Gasteiger partial charge in [-0.05, 0) is 38.5 Å². The Bertz CT molecular complexity index is 872. The number of aliphatic hydroxyl groups is 1. The third-order valence-corrected chi connectivity index (χ3v) is 8.66. The van der Waals surface area contributed by atoms with E-state index in [0.29, 0.717) is 19.3 Å². The van der Waals surface area contributed by atoms with Crippen LogP contribution in [0.2, 0.25) is 0 Å². The van der Waals surface area contributed by atoms with E-state index in [4.69, 9.17) is 5.11 Å². The first-order chi connectivity index (χ1) is 14.1. The number of aromatic nitrogens is 1. The Hall–Kier alpha value is -1.58. The summed E-state index contributed by atoms with van der Waals surface area (Å²) in [7, 11) is -3.74. The monoisotopic (exact) mass is 457 g/mol. The third kappa shape index (κ3) is 6.99. The number of rotatable bonds is 12. The van der Waals surface area contributed by atoms with Gasteiger partial charge in [0.1, 0.15) is 5.78 Å². The molecule has 3 atom stereocenters. The first-order valence-electron chi connectivity index (χ1n) is 10.4. The standard InChI is InChI=1S/C21H31NO6S2/c1-3-4-5-11-21(2,26)12-6-7-15-8-9-18(23)16(15)10-13-30(27,28)20-22-17(14-29-20)19(24)25/h6-7,14-16,26H,3-5,8-13H2,1-2H3,(H,24,25)/t15-,16+,21?/m0/s1. The Morgan fingerprint density at radius 1 is 1.40 bits per heavy atom. The van der Waals surface area contributed by atoms with Crippen LogP contribution in [0.3, 0.4) is 0 Å². The van der Waals surface area contributed by atoms with E-state index in [-0.39, 0.29) is 39.8 Å². The molecule has 0 amide bonds. The number of nitrogens with zero attached hydrogens (tertiary/aromatic N) is 1. The fourth-order valence-corrected chi connectivity index (χ4v) is 6.24. The van der Waals surface area contributed by atoms with Crippen molar-refractivity contribution in [2.45, 2.75) is 75.2 Å². The van der Waals surface area contributed by atoms with E-state index in [0.717, 1.165) is 37.0 Å². The van der Waals surface area contributed by atoms with Crippen molar-refractivity contribution in [2.24, 2.45) is 11.8 Å². The SMILES string of the molecule is CCCCCC(C)(O)CC=C[C@H]1CCC(=O)[C@@H]1CCS(=O)(=O)c1nc(C(=O)O)cs1. The lowest BCUT2D eigenvalue weighted by atomic mass is 9.90. The normalized spacial score (nSPS) is 21.9. The van der Waals surface area contributed by atoms with Crippen molar-refractivity contribution in [3.8, 4) is 0 Å². The minimum Gasteiger partial charge on any atom is -0.476 e. The van der Waals surface area contributed by atoms with E-state index in [1.54, 1.807) is 0 Å². The largest absolute Gasteiger partial charge is 0.476 e. The van der Waals surface area contributed by atoms with Crippen molar-refractivity contribution in [2.75, 3.05) is 5.75 Å². The molecule has 1 aromatic heterocycles. The molecule has 9 heteroatoms. The molecule has 1 saturated carbocycles. The van der Waals surface area contributed by atoms with E-state index in [1.807, 2.05) is 19.1 Å². The summed E-state index contributed by atoms with van der Waals surface area (Å²) < 4.78 is 24.8. The summed E-state index contributed by atoms with van der Waals surface area (Å²) in [5.41, 5.74) is -1.07. The van der Waals surface area contributed by atoms with Gasteiger partial charge >= 0.3 is 5.97 Å². The number of thiazole rings is 1. The molecule has 30 heavy (non-hydrogen) atoms. The number of carbonyl (C=O) groups is 2. The number of allylic oxidation sites excluding steroid dienone is 1. The van der Waals surface area contributed by atoms with Crippen molar-refractivity contribution < 1.29 is 28.2 Å². The molecule has 1 heterocycles. The Balaban J connectivity index is 1.95. The van der Waals surface area contributed by atoms with Crippen LogP contribution in [0, 0.1) is 11.8 Å². The zero-order chi connectivity index (χ0) is 22.4. The summed E-state index contributed by atoms with van der Waals surface area (Å²) in [6.45, 7) is 3.93. The zero-order valence-electron chi connectivity index (χ0n) is 17.5. The predicted molar refractivity (Wildman–Crippen MR) is 115 cm³/mol. The molecule has 0 radical (unpaired) electrons. The summed E-state index contributed by atoms with van der Waals surface area (Å²) in [6, 6.07) is 0. The number of ketones is 1. The van der Waals surface area contributed by atoms with E-state index in [1.165, 1.54) is 5.38 Å². The van der Waals surface area contributed by atoms with Crippen molar-refractivity contribution in [1.29, 1.82) is 0 Å². The van der Waals surface area contributed by atoms with Gasteiger partial charge in [-0.1, -0.05) is 38.3 Å². The molecule has 7 nitrogen and oxygen atoms in total. The number of carbonyl (C=O) groups excluding carboxylic acids is 1. The van der Waals surface area contributed by atoms with Crippen LogP contribution in [0.4, 0.5) is 0 Å². The summed E-state index contributed by atoms with van der Waals surface area (Å²) >= 11 is 0.787. The number of hydrogen-bond donors (Lipinski definition) is 2. The number of aromatic carboxylic acids is 1. The molecule has 1 aliphatic rings. The smallest absolute Gasteiger partial charge is 0.355 e. The van der Waals surface area contributed by atoms with Gasteiger partial charge in [0.05, 0.1) is 11.4 Å². The molecule has 2 rings (SSSR count). The van der Waals surface area contributed by atoms with Crippen molar-refractivity contribution in [1.82, 2.24) is 4.98 Å². The van der Waals surface area contributed by atoms with Gasteiger partial charge in [-0.25, -0.2) is 18.2 Å². The molecule has 0 aromatic carbocycles. The van der Waals surface area contributed by atoms with E-state index in [9.17, 15) is 23.1 Å². The number of carboxylic acid groups (broad SMARTS) is 1. The van der Waals surface area contributed by atoms with E-state index >= 15 is 0 Å². The Kier molecular flexibility index (Phi) is 8.75. The first kappa shape index (κ1) is 24.7. The molecule has 0 aliphatic heterocycles. The Morgan fingerprint density at radius 2 is 2.13 bits per heavy atom. The zero-order valence-corrected chi connectivity index (χ0v) is 19.2. The van der Waals surface area contributed by atoms with Crippen LogP contribution in [0.15, 0.2) is 21.9 Å². The predicted octanol–water partition coefficient (Wildman–Crippen LogP) is 3.88. The topological polar surface area (TPSA) is 122 Å². The molecule has 0 spiro atoms. The van der Waals surface area contributed by atoms with Crippen LogP contribution in [-0.2, 0) is 14.6 Å². The van der Waals surface area contributed by atoms with Gasteiger partial charge in [-0.15, -0.1) is 11.3 Å². The van der Waals surface area contributed by atoms with Gasteiger partial charge in [0, 0.05) is 17.7 Å². The fourth-order valence-electron chi connectivity index (χ4n) is 3.76. The lowest BCUT2D eigenvalue weighted by molar-refractivity contribution is -0.121. The van der Waals surface area contributed by atoms with Gasteiger partial charge in [0.15, 0.2) is 5.69 Å². The molecular formula is C21H31NO6S2. The second kappa shape index (κ2) is 10.6. The highest BCUT2D eigenvalue weighted by Gasteiger charge is 2.34. The third-order valence-electron chi connectivity index (χ3n) is 5.58. The maximum Gasteiger partial charge on any atom is 0.355 e. The maximum absolute atomic E-state index is 12.5. The molecular weight excluding hydrogens is 426 g/mol. The number of hydrogen-bond acceptors (Lipinski definition) is 7. The minimum atomic E-state index is -3.74. The molecule has 2 N–H and O–H groups in total. The first-order valence-corrected chi connectivity index (χ1v) is 12.9. The number of carboxylic acids is 1. The fraction of sp³-hybridized carbons (Fsp3) is 0.667. The molecule has 0 bridgehead atoms. The summed E-state index contributed by atoms with van der Waals surface area (Å²) in [4.78, 5) is 26.9. The van der Waals surface area contributed by atoms with E-state index < -0.39 is 21.4 Å². The van der Waals surface area contributed by atoms with Gasteiger partial charge in [-0.2, -0.15) is 0 Å². The average molecular weight is 458 g/mol. The van der Waals surface area contributed by atoms with Crippen LogP contribution >= 0.6 is 11.3 Å². The van der Waals surface area contributed by atoms with Gasteiger partial charge < -0.3 is 10.2 Å². The highest BCUT2D eigenvalue weighted by atomic mass is 32.2. The summed E-state index contributed by atoms with van der Waals surface area (Å²) in [6.07, 6.45) is 9.53. The Labute approximate surface area is 182 Å². The average Bonchev–Trinajstić information content (AvgIpc) is 3.28. The van der Waals surface area contributed by atoms with Crippen molar-refractivity contribution in [3.05, 3.63) is 23.2 Å². The second-order valence-electron chi connectivity index (χ2n) is 8.27. The van der Waals surface area contributed by atoms with Crippen molar-refractivity contribution >= 4 is 32.9 Å². The van der Waals surface area contributed by atoms with Crippen LogP contribution in [-0.4, -0.2) is 46.7 Å². The van der Waals surface area contributed by atoms with Gasteiger partial charge in [0.2, 0.25) is 14.2 Å². The number of unbranched alkanes of at least 4 members (excludes halogenated alkanes) is 2. The molecule has 1 aliphatic carbocycles. The Morgan fingerprint density at radius 3 is 2.77 bits per heavy atom. The molecule has 0 saturated heterocycles. The number of sulfone groups is 1. The molecule has 1 fully saturated rings. The van der Waals surface area contributed by atoms with Gasteiger partial charge in [0.25, 0.3) is 0 Å². The van der Waals surface area contributed by atoms with E-state index in [2.05, 4.69) is 11.9 Å². The minimum absolute atomic E-state index is 0.0370. The highest BCUT2D eigenvalue weighted by molar-refractivity contribution is 7.93. The lowest BCUT2D eigenvalue weighted by Gasteiger charge is -2.22. The van der Waals surface area contributed by atoms with Crippen LogP contribution in [0.1, 0.15) is 75.7 Å². The lowest BCUT2D eigenvalue weighted by Crippen LogP contribution is -2.23. The maximum atomic E-state index is 12.5. The highest BCUT2D eigenvalue weighted by Crippen LogP contribution is 2.34. The van der Waals surface area contributed by atoms with Crippen LogP contribution < -0.4 is 0 Å².